The van der Waals surface area contributed by atoms with Gasteiger partial charge in [-0.05, 0) is 73.0 Å². The fourth-order valence-corrected chi connectivity index (χ4v) is 5.98. The van der Waals surface area contributed by atoms with E-state index in [1.165, 1.54) is 0 Å². The quantitative estimate of drug-likeness (QED) is 0.682. The first-order valence-corrected chi connectivity index (χ1v) is 10.5. The van der Waals surface area contributed by atoms with Crippen molar-refractivity contribution in [2.45, 2.75) is 37.1 Å². The van der Waals surface area contributed by atoms with Crippen LogP contribution in [-0.2, 0) is 10.0 Å². The lowest BCUT2D eigenvalue weighted by molar-refractivity contribution is 0.170. The first-order valence-electron chi connectivity index (χ1n) is 7.51. The Morgan fingerprint density at radius 2 is 1.91 bits per heavy atom. The molecule has 0 radical (unpaired) electrons. The van der Waals surface area contributed by atoms with Crippen LogP contribution in [-0.4, -0.2) is 50.3 Å². The summed E-state index contributed by atoms with van der Waals surface area (Å²) < 4.78 is 28.7. The molecule has 1 heterocycles. The Morgan fingerprint density at radius 1 is 1.27 bits per heavy atom. The topological polar surface area (TPSA) is 40.6 Å². The lowest BCUT2D eigenvalue weighted by atomic mass is 10.1. The van der Waals surface area contributed by atoms with E-state index in [9.17, 15) is 8.42 Å². The molecule has 0 unspecified atom stereocenters. The molecule has 2 rings (SSSR count). The number of halogens is 2. The summed E-state index contributed by atoms with van der Waals surface area (Å²) in [4.78, 5) is 2.74. The molecule has 7 heteroatoms. The molecule has 0 saturated carbocycles. The summed E-state index contributed by atoms with van der Waals surface area (Å²) in [7, 11) is -1.77. The highest BCUT2D eigenvalue weighted by Gasteiger charge is 2.31. The lowest BCUT2D eigenvalue weighted by Gasteiger charge is -2.36. The summed E-state index contributed by atoms with van der Waals surface area (Å²) >= 11 is 6.72. The zero-order valence-corrected chi connectivity index (χ0v) is 16.9. The predicted octanol–water partition coefficient (Wildman–Crippen LogP) is 3.71. The average molecular weight is 454 g/mol. The number of likely N-dealkylation sites (tertiary alicyclic amines) is 1. The molecule has 124 valence electrons. The van der Waals surface area contributed by atoms with Crippen LogP contribution in [0, 0.1) is 0 Å². The van der Waals surface area contributed by atoms with Crippen molar-refractivity contribution in [1.29, 1.82) is 0 Å². The maximum atomic E-state index is 12.8. The molecule has 1 fully saturated rings. The standard InChI is InChI=1S/C15H22Br2N2O2S/c1-3-8-19-9-6-13(7-10-19)18(2)22(20,21)15-5-4-12(16)11-14(15)17/h4-5,11,13H,3,6-10H2,1-2H3. The van der Waals surface area contributed by atoms with E-state index in [4.69, 9.17) is 0 Å². The highest BCUT2D eigenvalue weighted by atomic mass is 79.9. The van der Waals surface area contributed by atoms with Gasteiger partial charge in [0.05, 0.1) is 4.90 Å². The van der Waals surface area contributed by atoms with Crippen molar-refractivity contribution in [2.75, 3.05) is 26.7 Å². The molecule has 1 aromatic carbocycles. The van der Waals surface area contributed by atoms with Crippen LogP contribution in [0.25, 0.3) is 0 Å². The molecule has 22 heavy (non-hydrogen) atoms. The van der Waals surface area contributed by atoms with E-state index < -0.39 is 10.0 Å². The Labute approximate surface area is 150 Å². The predicted molar refractivity (Wildman–Crippen MR) is 96.5 cm³/mol. The van der Waals surface area contributed by atoms with Gasteiger partial charge in [-0.15, -0.1) is 0 Å². The monoisotopic (exact) mass is 452 g/mol. The normalized spacial score (nSPS) is 18.0. The number of nitrogens with zero attached hydrogens (tertiary/aromatic N) is 2. The summed E-state index contributed by atoms with van der Waals surface area (Å²) in [6.07, 6.45) is 2.93. The van der Waals surface area contributed by atoms with Gasteiger partial charge in [0.2, 0.25) is 10.0 Å². The molecular formula is C15H22Br2N2O2S. The molecule has 4 nitrogen and oxygen atoms in total. The van der Waals surface area contributed by atoms with Gasteiger partial charge >= 0.3 is 0 Å². The van der Waals surface area contributed by atoms with E-state index in [-0.39, 0.29) is 6.04 Å². The molecular weight excluding hydrogens is 432 g/mol. The summed E-state index contributed by atoms with van der Waals surface area (Å²) in [5.74, 6) is 0. The number of piperidine rings is 1. The van der Waals surface area contributed by atoms with Crippen LogP contribution >= 0.6 is 31.9 Å². The van der Waals surface area contributed by atoms with E-state index >= 15 is 0 Å². The number of hydrogen-bond acceptors (Lipinski definition) is 3. The lowest BCUT2D eigenvalue weighted by Crippen LogP contribution is -2.45. The summed E-state index contributed by atoms with van der Waals surface area (Å²) in [5.41, 5.74) is 0. The smallest absolute Gasteiger partial charge is 0.244 e. The molecule has 0 aliphatic carbocycles. The van der Waals surface area contributed by atoms with Crippen molar-refractivity contribution in [1.82, 2.24) is 9.21 Å². The van der Waals surface area contributed by atoms with Crippen LogP contribution in [0.2, 0.25) is 0 Å². The van der Waals surface area contributed by atoms with Crippen LogP contribution in [0.5, 0.6) is 0 Å². The van der Waals surface area contributed by atoms with Crippen molar-refractivity contribution in [3.63, 3.8) is 0 Å². The summed E-state index contributed by atoms with van der Waals surface area (Å²) in [6, 6.07) is 5.25. The number of hydrogen-bond donors (Lipinski definition) is 0. The molecule has 0 N–H and O–H groups in total. The molecule has 0 bridgehead atoms. The van der Waals surface area contributed by atoms with Gasteiger partial charge in [0, 0.05) is 22.0 Å². The van der Waals surface area contributed by atoms with Gasteiger partial charge < -0.3 is 4.90 Å². The third-order valence-corrected chi connectivity index (χ3v) is 7.54. The zero-order valence-electron chi connectivity index (χ0n) is 12.9. The van der Waals surface area contributed by atoms with Gasteiger partial charge in [0.25, 0.3) is 0 Å². The molecule has 1 aliphatic heterocycles. The van der Waals surface area contributed by atoms with Crippen molar-refractivity contribution >= 4 is 41.9 Å². The van der Waals surface area contributed by atoms with Gasteiger partial charge in [-0.3, -0.25) is 0 Å². The van der Waals surface area contributed by atoms with Gasteiger partial charge in [-0.1, -0.05) is 22.9 Å². The van der Waals surface area contributed by atoms with E-state index in [0.717, 1.165) is 43.4 Å². The summed E-state index contributed by atoms with van der Waals surface area (Å²) in [6.45, 7) is 5.22. The van der Waals surface area contributed by atoms with Crippen LogP contribution in [0.4, 0.5) is 0 Å². The van der Waals surface area contributed by atoms with Gasteiger partial charge in [0.1, 0.15) is 0 Å². The SMILES string of the molecule is CCCN1CCC(N(C)S(=O)(=O)c2ccc(Br)cc2Br)CC1. The maximum absolute atomic E-state index is 12.8. The minimum absolute atomic E-state index is 0.0775. The fraction of sp³-hybridized carbons (Fsp3) is 0.600. The minimum atomic E-state index is -3.47. The molecule has 0 aromatic heterocycles. The van der Waals surface area contributed by atoms with Gasteiger partial charge in [-0.25, -0.2) is 8.42 Å². The maximum Gasteiger partial charge on any atom is 0.244 e. The van der Waals surface area contributed by atoms with Crippen LogP contribution in [0.15, 0.2) is 32.0 Å². The summed E-state index contributed by atoms with van der Waals surface area (Å²) in [5, 5.41) is 0. The number of sulfonamides is 1. The van der Waals surface area contributed by atoms with E-state index in [1.807, 2.05) is 0 Å². The second-order valence-electron chi connectivity index (χ2n) is 5.67. The minimum Gasteiger partial charge on any atom is -0.303 e. The van der Waals surface area contributed by atoms with Crippen LogP contribution in [0.1, 0.15) is 26.2 Å². The second-order valence-corrected chi connectivity index (χ2v) is 9.40. The third kappa shape index (κ3) is 4.12. The Hall–Kier alpha value is 0.0500. The van der Waals surface area contributed by atoms with Crippen molar-refractivity contribution in [3.8, 4) is 0 Å². The Bertz CT molecular complexity index is 614. The second kappa shape index (κ2) is 7.75. The Kier molecular flexibility index (Phi) is 6.48. The molecule has 1 aliphatic rings. The van der Waals surface area contributed by atoms with E-state index in [1.54, 1.807) is 29.6 Å². The number of rotatable bonds is 5. The third-order valence-electron chi connectivity index (χ3n) is 4.16. The molecule has 0 amide bonds. The van der Waals surface area contributed by atoms with Gasteiger partial charge in [0.15, 0.2) is 0 Å². The first-order chi connectivity index (χ1) is 10.4. The number of benzene rings is 1. The average Bonchev–Trinajstić information content (AvgIpc) is 2.47. The largest absolute Gasteiger partial charge is 0.303 e. The van der Waals surface area contributed by atoms with Crippen LogP contribution in [0.3, 0.4) is 0 Å². The first kappa shape index (κ1) is 18.4. The van der Waals surface area contributed by atoms with E-state index in [0.29, 0.717) is 9.37 Å². The molecule has 1 saturated heterocycles. The fourth-order valence-electron chi connectivity index (χ4n) is 2.86. The van der Waals surface area contributed by atoms with Gasteiger partial charge in [-0.2, -0.15) is 4.31 Å². The van der Waals surface area contributed by atoms with Crippen LogP contribution < -0.4 is 0 Å². The molecule has 0 atom stereocenters. The van der Waals surface area contributed by atoms with E-state index in [2.05, 4.69) is 43.7 Å². The Balaban J connectivity index is 2.13. The highest BCUT2D eigenvalue weighted by molar-refractivity contribution is 9.11. The zero-order chi connectivity index (χ0) is 16.3. The Morgan fingerprint density at radius 3 is 2.45 bits per heavy atom. The molecule has 1 aromatic rings. The molecule has 0 spiro atoms. The van der Waals surface area contributed by atoms with Crippen molar-refractivity contribution in [3.05, 3.63) is 27.1 Å². The van der Waals surface area contributed by atoms with Crippen molar-refractivity contribution in [2.24, 2.45) is 0 Å². The van der Waals surface area contributed by atoms with Crippen molar-refractivity contribution < 1.29 is 8.42 Å². The highest BCUT2D eigenvalue weighted by Crippen LogP contribution is 2.30.